The maximum Gasteiger partial charge on any atom is 0.306 e. The summed E-state index contributed by atoms with van der Waals surface area (Å²) in [5, 5.41) is 0. The lowest BCUT2D eigenvalue weighted by atomic mass is 10.0. The summed E-state index contributed by atoms with van der Waals surface area (Å²) in [6.45, 7) is 10.2. The first kappa shape index (κ1) is 20.7. The van der Waals surface area contributed by atoms with Gasteiger partial charge in [-0.05, 0) is 25.7 Å². The third kappa shape index (κ3) is 11.4. The zero-order valence-electron chi connectivity index (χ0n) is 14.4. The molecule has 0 aromatic carbocycles. The van der Waals surface area contributed by atoms with Gasteiger partial charge in [-0.2, -0.15) is 0 Å². The Hall–Kier alpha value is -1.32. The second-order valence-corrected chi connectivity index (χ2v) is 5.78. The zero-order chi connectivity index (χ0) is 16.8. The van der Waals surface area contributed by atoms with Crippen molar-refractivity contribution in [2.24, 2.45) is 5.92 Å². The number of carbonyl (C=O) groups is 2. The number of unbranched alkanes of at least 4 members (excludes halogenated alkanes) is 1. The fourth-order valence-corrected chi connectivity index (χ4v) is 2.12. The number of esters is 2. The van der Waals surface area contributed by atoms with Gasteiger partial charge in [0.05, 0.1) is 6.61 Å². The molecule has 0 bridgehead atoms. The van der Waals surface area contributed by atoms with Crippen molar-refractivity contribution in [1.29, 1.82) is 0 Å². The van der Waals surface area contributed by atoms with Crippen LogP contribution in [-0.4, -0.2) is 24.6 Å². The predicted molar refractivity (Wildman–Crippen MR) is 88.5 cm³/mol. The molecule has 0 fully saturated rings. The van der Waals surface area contributed by atoms with Crippen molar-refractivity contribution < 1.29 is 19.1 Å². The van der Waals surface area contributed by atoms with Crippen LogP contribution in [0.15, 0.2) is 12.7 Å². The van der Waals surface area contributed by atoms with Gasteiger partial charge in [-0.3, -0.25) is 9.59 Å². The molecule has 0 amide bonds. The molecule has 0 N–H and O–H groups in total. The molecule has 0 aliphatic rings. The number of carbonyl (C=O) groups excluding carboxylic acids is 2. The van der Waals surface area contributed by atoms with Crippen molar-refractivity contribution in [3.8, 4) is 0 Å². The summed E-state index contributed by atoms with van der Waals surface area (Å²) >= 11 is 0. The normalized spacial score (nSPS) is 13.2. The van der Waals surface area contributed by atoms with Crippen LogP contribution < -0.4 is 0 Å². The molecule has 2 atom stereocenters. The minimum Gasteiger partial charge on any atom is -0.465 e. The van der Waals surface area contributed by atoms with Gasteiger partial charge in [-0.1, -0.05) is 39.2 Å². The maximum atomic E-state index is 11.7. The minimum absolute atomic E-state index is 0.152. The van der Waals surface area contributed by atoms with E-state index in [-0.39, 0.29) is 30.9 Å². The molecular weight excluding hydrogens is 280 g/mol. The van der Waals surface area contributed by atoms with Crippen molar-refractivity contribution in [1.82, 2.24) is 0 Å². The van der Waals surface area contributed by atoms with E-state index in [1.807, 2.05) is 6.92 Å². The average molecular weight is 312 g/mol. The summed E-state index contributed by atoms with van der Waals surface area (Å²) in [5.41, 5.74) is 0. The second-order valence-electron chi connectivity index (χ2n) is 5.78. The first-order valence-electron chi connectivity index (χ1n) is 8.49. The van der Waals surface area contributed by atoms with Crippen LogP contribution >= 0.6 is 0 Å². The predicted octanol–water partition coefficient (Wildman–Crippen LogP) is 4.42. The maximum absolute atomic E-state index is 11.7. The Labute approximate surface area is 135 Å². The lowest BCUT2D eigenvalue weighted by Gasteiger charge is -2.14. The summed E-state index contributed by atoms with van der Waals surface area (Å²) in [7, 11) is 0. The van der Waals surface area contributed by atoms with Crippen LogP contribution in [0.1, 0.15) is 72.1 Å². The quantitative estimate of drug-likeness (QED) is 0.373. The molecule has 0 aliphatic heterocycles. The van der Waals surface area contributed by atoms with Gasteiger partial charge in [0, 0.05) is 19.3 Å². The van der Waals surface area contributed by atoms with Crippen molar-refractivity contribution in [3.05, 3.63) is 12.7 Å². The van der Waals surface area contributed by atoms with E-state index in [4.69, 9.17) is 9.47 Å². The van der Waals surface area contributed by atoms with E-state index in [9.17, 15) is 9.59 Å². The van der Waals surface area contributed by atoms with E-state index in [0.29, 0.717) is 25.4 Å². The molecule has 2 unspecified atom stereocenters. The highest BCUT2D eigenvalue weighted by atomic mass is 16.5. The van der Waals surface area contributed by atoms with Gasteiger partial charge in [-0.15, -0.1) is 6.58 Å². The molecule has 0 spiro atoms. The van der Waals surface area contributed by atoms with Crippen LogP contribution in [0.2, 0.25) is 0 Å². The first-order valence-corrected chi connectivity index (χ1v) is 8.49. The first-order chi connectivity index (χ1) is 10.5. The Morgan fingerprint density at radius 2 is 1.82 bits per heavy atom. The monoisotopic (exact) mass is 312 g/mol. The van der Waals surface area contributed by atoms with Gasteiger partial charge in [-0.25, -0.2) is 0 Å². The summed E-state index contributed by atoms with van der Waals surface area (Å²) in [6.07, 6.45) is 7.68. The van der Waals surface area contributed by atoms with Crippen molar-refractivity contribution in [2.45, 2.75) is 78.2 Å². The summed E-state index contributed by atoms with van der Waals surface area (Å²) < 4.78 is 10.5. The Morgan fingerprint density at radius 1 is 1.14 bits per heavy atom. The van der Waals surface area contributed by atoms with E-state index < -0.39 is 0 Å². The topological polar surface area (TPSA) is 52.6 Å². The molecule has 128 valence electrons. The highest BCUT2D eigenvalue weighted by Crippen LogP contribution is 2.13. The summed E-state index contributed by atoms with van der Waals surface area (Å²) in [6, 6.07) is 0. The molecule has 0 heterocycles. The van der Waals surface area contributed by atoms with Crippen LogP contribution in [0.25, 0.3) is 0 Å². The Bertz CT molecular complexity index is 325. The molecule has 22 heavy (non-hydrogen) atoms. The lowest BCUT2D eigenvalue weighted by molar-refractivity contribution is -0.148. The zero-order valence-corrected chi connectivity index (χ0v) is 14.4. The summed E-state index contributed by atoms with van der Waals surface area (Å²) in [5.74, 6) is -0.0352. The standard InChI is InChI=1S/C18H32O4/c1-5-8-11-16(7-3)14-21-17(19)12-9-13-18(20)22-15(4)10-6-2/h6,15-16H,2,5,7-14H2,1,3-4H3. The van der Waals surface area contributed by atoms with E-state index in [1.165, 1.54) is 6.42 Å². The molecule has 0 saturated heterocycles. The van der Waals surface area contributed by atoms with Gasteiger partial charge < -0.3 is 9.47 Å². The SMILES string of the molecule is C=CCC(C)OC(=O)CCCC(=O)OCC(CC)CCCC. The smallest absolute Gasteiger partial charge is 0.306 e. The Morgan fingerprint density at radius 3 is 2.41 bits per heavy atom. The van der Waals surface area contributed by atoms with Gasteiger partial charge in [0.15, 0.2) is 0 Å². The van der Waals surface area contributed by atoms with Gasteiger partial charge in [0.25, 0.3) is 0 Å². The fraction of sp³-hybridized carbons (Fsp3) is 0.778. The number of rotatable bonds is 13. The van der Waals surface area contributed by atoms with Crippen LogP contribution in [0.4, 0.5) is 0 Å². The third-order valence-corrected chi connectivity index (χ3v) is 3.62. The van der Waals surface area contributed by atoms with E-state index >= 15 is 0 Å². The van der Waals surface area contributed by atoms with Crippen molar-refractivity contribution in [3.63, 3.8) is 0 Å². The Balaban J connectivity index is 3.76. The van der Waals surface area contributed by atoms with Gasteiger partial charge >= 0.3 is 11.9 Å². The lowest BCUT2D eigenvalue weighted by Crippen LogP contribution is -2.16. The molecular formula is C18H32O4. The molecule has 0 rings (SSSR count). The fourth-order valence-electron chi connectivity index (χ4n) is 2.12. The van der Waals surface area contributed by atoms with Crippen molar-refractivity contribution in [2.75, 3.05) is 6.61 Å². The molecule has 4 heteroatoms. The molecule has 0 aliphatic carbocycles. The Kier molecular flexibility index (Phi) is 12.5. The third-order valence-electron chi connectivity index (χ3n) is 3.62. The summed E-state index contributed by atoms with van der Waals surface area (Å²) in [4.78, 5) is 23.2. The van der Waals surface area contributed by atoms with Crippen molar-refractivity contribution >= 4 is 11.9 Å². The van der Waals surface area contributed by atoms with E-state index in [1.54, 1.807) is 6.08 Å². The number of ether oxygens (including phenoxy) is 2. The van der Waals surface area contributed by atoms with E-state index in [2.05, 4.69) is 20.4 Å². The highest BCUT2D eigenvalue weighted by molar-refractivity contribution is 5.72. The molecule has 0 aromatic heterocycles. The van der Waals surface area contributed by atoms with Gasteiger partial charge in [0.1, 0.15) is 6.10 Å². The van der Waals surface area contributed by atoms with Crippen LogP contribution in [0, 0.1) is 5.92 Å². The molecule has 0 radical (unpaired) electrons. The van der Waals surface area contributed by atoms with Crippen LogP contribution in [0.5, 0.6) is 0 Å². The average Bonchev–Trinajstić information content (AvgIpc) is 2.47. The van der Waals surface area contributed by atoms with Crippen LogP contribution in [0.3, 0.4) is 0 Å². The highest BCUT2D eigenvalue weighted by Gasteiger charge is 2.12. The second kappa shape index (κ2) is 13.4. The largest absolute Gasteiger partial charge is 0.465 e. The van der Waals surface area contributed by atoms with E-state index in [0.717, 1.165) is 19.3 Å². The minimum atomic E-state index is -0.267. The van der Waals surface area contributed by atoms with Crippen LogP contribution in [-0.2, 0) is 19.1 Å². The molecule has 0 saturated carbocycles. The number of hydrogen-bond acceptors (Lipinski definition) is 4. The van der Waals surface area contributed by atoms with Gasteiger partial charge in [0.2, 0.25) is 0 Å². The molecule has 4 nitrogen and oxygen atoms in total. The number of hydrogen-bond donors (Lipinski definition) is 0. The molecule has 0 aromatic rings.